The molecule has 6 heteroatoms. The van der Waals surface area contributed by atoms with E-state index < -0.39 is 23.9 Å². The summed E-state index contributed by atoms with van der Waals surface area (Å²) in [6, 6.07) is 11.2. The summed E-state index contributed by atoms with van der Waals surface area (Å²) in [5.41, 5.74) is 1.70. The number of carbonyl (C=O) groups excluding carboxylic acids is 1. The molecule has 2 heterocycles. The number of nitrogens with one attached hydrogen (secondary N) is 1. The van der Waals surface area contributed by atoms with Gasteiger partial charge in [0, 0.05) is 12.1 Å². The number of benzene rings is 1. The third-order valence-corrected chi connectivity index (χ3v) is 4.73. The van der Waals surface area contributed by atoms with Crippen molar-refractivity contribution < 1.29 is 13.7 Å². The Balaban J connectivity index is 1.91. The predicted molar refractivity (Wildman–Crippen MR) is 95.5 cm³/mol. The molecule has 0 spiro atoms. The molecule has 1 amide bonds. The molecule has 1 aliphatic rings. The van der Waals surface area contributed by atoms with Crippen LogP contribution in [-0.2, 0) is 4.79 Å². The fraction of sp³-hybridized carbons (Fsp3) is 0.400. The largest absolute Gasteiger partial charge is 0.342 e. The van der Waals surface area contributed by atoms with Crippen molar-refractivity contribution in [2.24, 2.45) is 0 Å². The molecule has 1 N–H and O–H groups in total. The highest BCUT2D eigenvalue weighted by atomic mass is 19.2. The maximum atomic E-state index is 14.4. The van der Waals surface area contributed by atoms with Gasteiger partial charge in [-0.25, -0.2) is 4.98 Å². The predicted octanol–water partition coefficient (Wildman–Crippen LogP) is 3.90. The fourth-order valence-corrected chi connectivity index (χ4v) is 3.25. The first-order valence-corrected chi connectivity index (χ1v) is 8.91. The monoisotopic (exact) mass is 359 g/mol. The highest BCUT2D eigenvalue weighted by molar-refractivity contribution is 5.82. The van der Waals surface area contributed by atoms with Gasteiger partial charge >= 0.3 is 0 Å². The second-order valence-electron chi connectivity index (χ2n) is 6.90. The van der Waals surface area contributed by atoms with Gasteiger partial charge in [-0.05, 0) is 30.4 Å². The Morgan fingerprint density at radius 2 is 1.96 bits per heavy atom. The molecule has 3 rings (SSSR count). The Labute approximate surface area is 152 Å². The number of hydrogen-bond donors (Lipinski definition) is 1. The minimum Gasteiger partial charge on any atom is -0.342 e. The standard InChI is InChI=1S/C20H23F2N3O/c1-13(2)15-10-11-16(23-19(15)21)18(14-7-4-3-5-8-14)24-20(26)17-9-6-12-25(17)22/h3-5,7-8,10-11,13,17-18H,6,9,12H2,1-2H3,(H,24,26)/t17?,18-/m0/s1. The number of halogens is 2. The van der Waals surface area contributed by atoms with E-state index >= 15 is 0 Å². The Kier molecular flexibility index (Phi) is 5.61. The molecule has 1 aromatic carbocycles. The number of rotatable bonds is 5. The molecule has 1 aliphatic heterocycles. The van der Waals surface area contributed by atoms with Gasteiger partial charge in [0.15, 0.2) is 0 Å². The van der Waals surface area contributed by atoms with Crippen LogP contribution in [-0.4, -0.2) is 28.6 Å². The van der Waals surface area contributed by atoms with Crippen LogP contribution in [0.5, 0.6) is 0 Å². The van der Waals surface area contributed by atoms with Crippen LogP contribution in [0.1, 0.15) is 55.5 Å². The second-order valence-corrected chi connectivity index (χ2v) is 6.90. The van der Waals surface area contributed by atoms with E-state index in [9.17, 15) is 13.7 Å². The van der Waals surface area contributed by atoms with Gasteiger partial charge in [-0.2, -0.15) is 4.39 Å². The molecule has 1 aromatic heterocycles. The number of hydrogen-bond acceptors (Lipinski definition) is 3. The molecule has 0 radical (unpaired) electrons. The van der Waals surface area contributed by atoms with Crippen LogP contribution in [0.15, 0.2) is 42.5 Å². The van der Waals surface area contributed by atoms with E-state index in [2.05, 4.69) is 10.3 Å². The van der Waals surface area contributed by atoms with Gasteiger partial charge < -0.3 is 5.32 Å². The molecule has 138 valence electrons. The highest BCUT2D eigenvalue weighted by Crippen LogP contribution is 2.25. The minimum absolute atomic E-state index is 0.0138. The van der Waals surface area contributed by atoms with Crippen LogP contribution in [0.2, 0.25) is 0 Å². The molecule has 1 saturated heterocycles. The number of amides is 1. The van der Waals surface area contributed by atoms with Crippen LogP contribution in [0.4, 0.5) is 8.87 Å². The first-order chi connectivity index (χ1) is 12.5. The zero-order valence-electron chi connectivity index (χ0n) is 15.0. The topological polar surface area (TPSA) is 45.2 Å². The van der Waals surface area contributed by atoms with Gasteiger partial charge in [0.1, 0.15) is 6.04 Å². The smallest absolute Gasteiger partial charge is 0.240 e. The van der Waals surface area contributed by atoms with E-state index in [1.165, 1.54) is 0 Å². The van der Waals surface area contributed by atoms with Crippen molar-refractivity contribution in [3.05, 3.63) is 65.2 Å². The molecule has 26 heavy (non-hydrogen) atoms. The van der Waals surface area contributed by atoms with Crippen LogP contribution in [0.25, 0.3) is 0 Å². The lowest BCUT2D eigenvalue weighted by atomic mass is 9.99. The third-order valence-electron chi connectivity index (χ3n) is 4.73. The molecule has 2 aromatic rings. The maximum Gasteiger partial charge on any atom is 0.240 e. The quantitative estimate of drug-likeness (QED) is 0.651. The molecule has 0 aliphatic carbocycles. The molecular formula is C20H23F2N3O. The first kappa shape index (κ1) is 18.5. The zero-order valence-corrected chi connectivity index (χ0v) is 15.0. The average Bonchev–Trinajstić information content (AvgIpc) is 3.06. The van der Waals surface area contributed by atoms with Gasteiger partial charge in [-0.3, -0.25) is 4.79 Å². The van der Waals surface area contributed by atoms with Crippen molar-refractivity contribution >= 4 is 5.91 Å². The van der Waals surface area contributed by atoms with E-state index in [1.807, 2.05) is 44.2 Å². The summed E-state index contributed by atoms with van der Waals surface area (Å²) in [5.74, 6) is -0.936. The van der Waals surface area contributed by atoms with Crippen LogP contribution >= 0.6 is 0 Å². The SMILES string of the molecule is CC(C)c1ccc([C@@H](NC(=O)C2CCCN2F)c2ccccc2)nc1F. The Morgan fingerprint density at radius 1 is 1.23 bits per heavy atom. The summed E-state index contributed by atoms with van der Waals surface area (Å²) in [4.78, 5) is 16.6. The summed E-state index contributed by atoms with van der Waals surface area (Å²) in [6.45, 7) is 4.04. The van der Waals surface area contributed by atoms with E-state index in [0.29, 0.717) is 29.2 Å². The average molecular weight is 359 g/mol. The molecule has 4 nitrogen and oxygen atoms in total. The lowest BCUT2D eigenvalue weighted by molar-refractivity contribution is -0.131. The first-order valence-electron chi connectivity index (χ1n) is 8.91. The molecule has 0 bridgehead atoms. The number of pyridine rings is 1. The molecule has 1 unspecified atom stereocenters. The van der Waals surface area contributed by atoms with Crippen LogP contribution in [0.3, 0.4) is 0 Å². The lowest BCUT2D eigenvalue weighted by Gasteiger charge is -2.23. The van der Waals surface area contributed by atoms with E-state index in [1.54, 1.807) is 12.1 Å². The molecule has 2 atom stereocenters. The van der Waals surface area contributed by atoms with Crippen LogP contribution in [0, 0.1) is 5.95 Å². The Hall–Kier alpha value is -2.34. The van der Waals surface area contributed by atoms with Gasteiger partial charge in [-0.15, -0.1) is 9.60 Å². The third kappa shape index (κ3) is 3.90. The Morgan fingerprint density at radius 3 is 2.54 bits per heavy atom. The zero-order chi connectivity index (χ0) is 18.7. The molecule has 1 fully saturated rings. The van der Waals surface area contributed by atoms with Crippen molar-refractivity contribution in [1.82, 2.24) is 15.4 Å². The van der Waals surface area contributed by atoms with E-state index in [0.717, 1.165) is 5.56 Å². The Bertz CT molecular complexity index is 767. The fourth-order valence-electron chi connectivity index (χ4n) is 3.25. The maximum absolute atomic E-state index is 14.4. The van der Waals surface area contributed by atoms with Crippen molar-refractivity contribution in [3.8, 4) is 0 Å². The second kappa shape index (κ2) is 7.91. The number of carbonyl (C=O) groups is 1. The van der Waals surface area contributed by atoms with Crippen molar-refractivity contribution in [2.75, 3.05) is 6.54 Å². The van der Waals surface area contributed by atoms with E-state index in [4.69, 9.17) is 0 Å². The van der Waals surface area contributed by atoms with Gasteiger partial charge in [-0.1, -0.05) is 50.2 Å². The van der Waals surface area contributed by atoms with Crippen molar-refractivity contribution in [3.63, 3.8) is 0 Å². The summed E-state index contributed by atoms with van der Waals surface area (Å²) < 4.78 is 28.2. The van der Waals surface area contributed by atoms with Crippen molar-refractivity contribution in [1.29, 1.82) is 0 Å². The minimum atomic E-state index is -0.805. The lowest BCUT2D eigenvalue weighted by Crippen LogP contribution is -2.42. The van der Waals surface area contributed by atoms with Crippen LogP contribution < -0.4 is 5.32 Å². The van der Waals surface area contributed by atoms with Crippen molar-refractivity contribution in [2.45, 2.75) is 44.7 Å². The summed E-state index contributed by atoms with van der Waals surface area (Å²) in [7, 11) is 0. The highest BCUT2D eigenvalue weighted by Gasteiger charge is 2.33. The number of aromatic nitrogens is 1. The van der Waals surface area contributed by atoms with Gasteiger partial charge in [0.05, 0.1) is 11.7 Å². The number of nitrogens with zero attached hydrogens (tertiary/aromatic N) is 2. The van der Waals surface area contributed by atoms with Gasteiger partial charge in [0.25, 0.3) is 0 Å². The summed E-state index contributed by atoms with van der Waals surface area (Å²) >= 11 is 0. The molecule has 0 saturated carbocycles. The summed E-state index contributed by atoms with van der Waals surface area (Å²) in [5, 5.41) is 3.41. The van der Waals surface area contributed by atoms with Gasteiger partial charge in [0.2, 0.25) is 11.9 Å². The molecular weight excluding hydrogens is 336 g/mol. The van der Waals surface area contributed by atoms with E-state index in [-0.39, 0.29) is 12.5 Å². The normalized spacial score (nSPS) is 18.9. The summed E-state index contributed by atoms with van der Waals surface area (Å²) in [6.07, 6.45) is 1.11.